The predicted octanol–water partition coefficient (Wildman–Crippen LogP) is 3.97. The summed E-state index contributed by atoms with van der Waals surface area (Å²) >= 11 is 0. The van der Waals surface area contributed by atoms with Crippen LogP contribution < -0.4 is 10.2 Å². The Kier molecular flexibility index (Phi) is 8.97. The third kappa shape index (κ3) is 9.23. The third-order valence-corrected chi connectivity index (χ3v) is 5.21. The van der Waals surface area contributed by atoms with Gasteiger partial charge in [-0.3, -0.25) is 9.59 Å². The van der Waals surface area contributed by atoms with Crippen LogP contribution in [0.2, 0.25) is 0 Å². The fourth-order valence-electron chi connectivity index (χ4n) is 3.90. The minimum atomic E-state index is -0.866. The number of hydrogen-bond donors (Lipinski definition) is 1. The maximum atomic E-state index is 13.3. The minimum Gasteiger partial charge on any atom is -0.460 e. The zero-order valence-corrected chi connectivity index (χ0v) is 22.0. The van der Waals surface area contributed by atoms with Gasteiger partial charge in [-0.15, -0.1) is 0 Å². The number of hydrogen-bond acceptors (Lipinski definition) is 6. The van der Waals surface area contributed by atoms with Crippen molar-refractivity contribution >= 4 is 23.7 Å². The van der Waals surface area contributed by atoms with E-state index in [-0.39, 0.29) is 18.7 Å². The molecule has 1 atom stereocenters. The van der Waals surface area contributed by atoms with Crippen LogP contribution in [0, 0.1) is 13.8 Å². The lowest BCUT2D eigenvalue weighted by Crippen LogP contribution is -2.55. The molecule has 0 aliphatic carbocycles. The zero-order valence-electron chi connectivity index (χ0n) is 22.0. The molecule has 8 nitrogen and oxygen atoms in total. The summed E-state index contributed by atoms with van der Waals surface area (Å²) in [4.78, 5) is 42.0. The smallest absolute Gasteiger partial charge is 0.408 e. The molecule has 1 aliphatic rings. The molecule has 1 saturated heterocycles. The SMILES string of the molecule is Cc1cc(C)cc(N2CCN(C(=O)[C@H](CCC(=O)OC(C)(C)C)NC(=O)OC(C)(C)C)CC2)c1. The topological polar surface area (TPSA) is 88.2 Å². The van der Waals surface area contributed by atoms with Crippen LogP contribution >= 0.6 is 0 Å². The zero-order chi connectivity index (χ0) is 25.7. The summed E-state index contributed by atoms with van der Waals surface area (Å²) in [6.45, 7) is 17.3. The summed E-state index contributed by atoms with van der Waals surface area (Å²) in [5.74, 6) is -0.620. The summed E-state index contributed by atoms with van der Waals surface area (Å²) in [5, 5.41) is 2.67. The summed E-state index contributed by atoms with van der Waals surface area (Å²) in [5.41, 5.74) is 2.26. The molecule has 0 aromatic heterocycles. The number of benzene rings is 1. The number of esters is 1. The van der Waals surface area contributed by atoms with Crippen LogP contribution in [0.25, 0.3) is 0 Å². The van der Waals surface area contributed by atoms with Crippen molar-refractivity contribution < 1.29 is 23.9 Å². The maximum absolute atomic E-state index is 13.3. The number of carbonyl (C=O) groups is 3. The van der Waals surface area contributed by atoms with Crippen LogP contribution in [-0.2, 0) is 19.1 Å². The number of rotatable bonds is 6. The second-order valence-electron chi connectivity index (χ2n) is 11.0. The fraction of sp³-hybridized carbons (Fsp3) is 0.654. The summed E-state index contributed by atoms with van der Waals surface area (Å²) in [6.07, 6.45) is -0.514. The number of ether oxygens (including phenoxy) is 2. The molecule has 2 amide bonds. The van der Waals surface area contributed by atoms with Crippen molar-refractivity contribution in [3.8, 4) is 0 Å². The molecule has 1 aliphatic heterocycles. The van der Waals surface area contributed by atoms with Gasteiger partial charge in [-0.2, -0.15) is 0 Å². The number of carbonyl (C=O) groups excluding carboxylic acids is 3. The van der Waals surface area contributed by atoms with Gasteiger partial charge in [-0.25, -0.2) is 4.79 Å². The lowest BCUT2D eigenvalue weighted by molar-refractivity contribution is -0.155. The van der Waals surface area contributed by atoms with Crippen molar-refractivity contribution in [2.24, 2.45) is 0 Å². The van der Waals surface area contributed by atoms with E-state index in [1.165, 1.54) is 11.1 Å². The first-order chi connectivity index (χ1) is 15.6. The van der Waals surface area contributed by atoms with Crippen molar-refractivity contribution in [3.05, 3.63) is 29.3 Å². The van der Waals surface area contributed by atoms with Gasteiger partial charge in [-0.05, 0) is 85.1 Å². The highest BCUT2D eigenvalue weighted by atomic mass is 16.6. The summed E-state index contributed by atoms with van der Waals surface area (Å²) < 4.78 is 10.7. The molecule has 8 heteroatoms. The Morgan fingerprint density at radius 2 is 1.41 bits per heavy atom. The van der Waals surface area contributed by atoms with Crippen LogP contribution in [0.15, 0.2) is 18.2 Å². The second-order valence-corrected chi connectivity index (χ2v) is 11.0. The quantitative estimate of drug-likeness (QED) is 0.627. The molecule has 0 unspecified atom stereocenters. The van der Waals surface area contributed by atoms with Gasteiger partial charge in [-0.1, -0.05) is 6.07 Å². The average Bonchev–Trinajstić information content (AvgIpc) is 2.67. The molecule has 1 N–H and O–H groups in total. The molecule has 0 bridgehead atoms. The number of aryl methyl sites for hydroxylation is 2. The Bertz CT molecular complexity index is 857. The van der Waals surface area contributed by atoms with Crippen LogP contribution in [0.5, 0.6) is 0 Å². The summed E-state index contributed by atoms with van der Waals surface area (Å²) in [7, 11) is 0. The number of amides is 2. The van der Waals surface area contributed by atoms with E-state index in [2.05, 4.69) is 42.3 Å². The van der Waals surface area contributed by atoms with E-state index in [1.807, 2.05) is 0 Å². The van der Waals surface area contributed by atoms with Crippen molar-refractivity contribution in [1.29, 1.82) is 0 Å². The van der Waals surface area contributed by atoms with Gasteiger partial charge in [0.25, 0.3) is 0 Å². The van der Waals surface area contributed by atoms with Crippen LogP contribution in [0.1, 0.15) is 65.5 Å². The number of piperazine rings is 1. The van der Waals surface area contributed by atoms with E-state index in [0.29, 0.717) is 26.2 Å². The van der Waals surface area contributed by atoms with Gasteiger partial charge in [0.05, 0.1) is 0 Å². The minimum absolute atomic E-state index is 0.0198. The largest absolute Gasteiger partial charge is 0.460 e. The highest BCUT2D eigenvalue weighted by Crippen LogP contribution is 2.21. The number of anilines is 1. The lowest BCUT2D eigenvalue weighted by atomic mass is 10.1. The van der Waals surface area contributed by atoms with Crippen molar-refractivity contribution in [2.45, 2.75) is 85.5 Å². The van der Waals surface area contributed by atoms with Crippen LogP contribution in [0.4, 0.5) is 10.5 Å². The monoisotopic (exact) mass is 475 g/mol. The van der Waals surface area contributed by atoms with Crippen LogP contribution in [-0.4, -0.2) is 66.3 Å². The molecule has 1 fully saturated rings. The van der Waals surface area contributed by atoms with Crippen LogP contribution in [0.3, 0.4) is 0 Å². The van der Waals surface area contributed by atoms with E-state index in [0.717, 1.165) is 5.69 Å². The van der Waals surface area contributed by atoms with E-state index < -0.39 is 29.3 Å². The van der Waals surface area contributed by atoms with E-state index in [9.17, 15) is 14.4 Å². The van der Waals surface area contributed by atoms with Gasteiger partial charge < -0.3 is 24.6 Å². The first-order valence-electron chi connectivity index (χ1n) is 12.0. The van der Waals surface area contributed by atoms with E-state index in [4.69, 9.17) is 9.47 Å². The Morgan fingerprint density at radius 1 is 0.882 bits per heavy atom. The third-order valence-electron chi connectivity index (χ3n) is 5.21. The Balaban J connectivity index is 2.04. The number of nitrogens with one attached hydrogen (secondary N) is 1. The molecule has 34 heavy (non-hydrogen) atoms. The summed E-state index contributed by atoms with van der Waals surface area (Å²) in [6, 6.07) is 5.58. The lowest BCUT2D eigenvalue weighted by Gasteiger charge is -2.38. The highest BCUT2D eigenvalue weighted by molar-refractivity contribution is 5.86. The van der Waals surface area contributed by atoms with Gasteiger partial charge in [0.1, 0.15) is 17.2 Å². The van der Waals surface area contributed by atoms with Crippen molar-refractivity contribution in [1.82, 2.24) is 10.2 Å². The van der Waals surface area contributed by atoms with E-state index in [1.54, 1.807) is 46.4 Å². The Labute approximate surface area is 204 Å². The second kappa shape index (κ2) is 11.1. The molecular weight excluding hydrogens is 434 g/mol. The molecule has 190 valence electrons. The Hall–Kier alpha value is -2.77. The molecular formula is C26H41N3O5. The first-order valence-corrected chi connectivity index (χ1v) is 12.0. The highest BCUT2D eigenvalue weighted by Gasteiger charge is 2.31. The average molecular weight is 476 g/mol. The van der Waals surface area contributed by atoms with Gasteiger partial charge in [0, 0.05) is 38.3 Å². The molecule has 0 spiro atoms. The molecule has 2 rings (SSSR count). The van der Waals surface area contributed by atoms with E-state index >= 15 is 0 Å². The van der Waals surface area contributed by atoms with Crippen molar-refractivity contribution in [2.75, 3.05) is 31.1 Å². The molecule has 1 heterocycles. The molecule has 1 aromatic rings. The standard InChI is InChI=1S/C26H41N3O5/c1-18-15-19(2)17-20(16-18)28-11-13-29(14-12-28)23(31)21(27-24(32)34-26(6,7)8)9-10-22(30)33-25(3,4)5/h15-17,21H,9-14H2,1-8H3,(H,27,32)/t21-/m0/s1. The maximum Gasteiger partial charge on any atom is 0.408 e. The molecule has 1 aromatic carbocycles. The molecule has 0 saturated carbocycles. The fourth-order valence-corrected chi connectivity index (χ4v) is 3.90. The predicted molar refractivity (Wildman–Crippen MR) is 133 cm³/mol. The van der Waals surface area contributed by atoms with Crippen molar-refractivity contribution in [3.63, 3.8) is 0 Å². The normalized spacial score (nSPS) is 15.5. The number of nitrogens with zero attached hydrogens (tertiary/aromatic N) is 2. The first kappa shape index (κ1) is 27.5. The number of alkyl carbamates (subject to hydrolysis) is 1. The van der Waals surface area contributed by atoms with Gasteiger partial charge >= 0.3 is 12.1 Å². The Morgan fingerprint density at radius 3 is 1.91 bits per heavy atom. The van der Waals surface area contributed by atoms with Gasteiger partial charge in [0.15, 0.2) is 0 Å². The van der Waals surface area contributed by atoms with Gasteiger partial charge in [0.2, 0.25) is 5.91 Å². The molecule has 0 radical (unpaired) electrons.